The summed E-state index contributed by atoms with van der Waals surface area (Å²) in [6.07, 6.45) is -0.350. The molecule has 23 heavy (non-hydrogen) atoms. The second-order valence-electron chi connectivity index (χ2n) is 5.10. The molecular formula is C17H17O4PS. The Morgan fingerprint density at radius 1 is 1.09 bits per heavy atom. The fraction of sp³-hybridized carbons (Fsp3) is 0.235. The van der Waals surface area contributed by atoms with Crippen molar-refractivity contribution in [2.75, 3.05) is 11.9 Å². The Balaban J connectivity index is 2.31. The quantitative estimate of drug-likeness (QED) is 0.562. The minimum Gasteiger partial charge on any atom is -0.479 e. The average Bonchev–Trinajstić information content (AvgIpc) is 2.57. The van der Waals surface area contributed by atoms with Gasteiger partial charge in [-0.2, -0.15) is 0 Å². The first-order valence-corrected chi connectivity index (χ1v) is 9.04. The standard InChI is InChI=1S/C17H17O4PS/c18-16(19)17(20,12-22-21)15(13-7-3-1-4-8-13)11-23-14-9-5-2-6-10-14/h1-10,15,20H,11-12H2,(H,18,19). The Morgan fingerprint density at radius 3 is 2.17 bits per heavy atom. The largest absolute Gasteiger partial charge is 0.479 e. The minimum atomic E-state index is -2.08. The van der Waals surface area contributed by atoms with E-state index in [1.54, 1.807) is 24.3 Å². The molecule has 4 nitrogen and oxygen atoms in total. The molecule has 0 heterocycles. The molecule has 0 fully saturated rings. The fourth-order valence-electron chi connectivity index (χ4n) is 2.32. The van der Waals surface area contributed by atoms with Gasteiger partial charge in [-0.15, -0.1) is 11.8 Å². The highest BCUT2D eigenvalue weighted by Gasteiger charge is 2.45. The summed E-state index contributed by atoms with van der Waals surface area (Å²) in [6.45, 7) is 0. The first kappa shape index (κ1) is 17.7. The average molecular weight is 348 g/mol. The van der Waals surface area contributed by atoms with Crippen LogP contribution in [0.25, 0.3) is 0 Å². The molecule has 0 radical (unpaired) electrons. The second kappa shape index (κ2) is 8.25. The van der Waals surface area contributed by atoms with Crippen LogP contribution in [0.1, 0.15) is 11.5 Å². The summed E-state index contributed by atoms with van der Waals surface area (Å²) in [7, 11) is -0.394. The van der Waals surface area contributed by atoms with Crippen LogP contribution in [-0.4, -0.2) is 33.7 Å². The fourth-order valence-corrected chi connectivity index (χ4v) is 4.05. The molecule has 0 amide bonds. The van der Waals surface area contributed by atoms with Gasteiger partial charge in [0.25, 0.3) is 0 Å². The molecule has 0 spiro atoms. The van der Waals surface area contributed by atoms with Gasteiger partial charge in [0, 0.05) is 16.6 Å². The topological polar surface area (TPSA) is 74.6 Å². The van der Waals surface area contributed by atoms with Gasteiger partial charge in [-0.3, -0.25) is 4.57 Å². The Hall–Kier alpha value is -1.68. The number of carboxylic acid groups (broad SMARTS) is 1. The first-order valence-electron chi connectivity index (χ1n) is 7.05. The van der Waals surface area contributed by atoms with Gasteiger partial charge >= 0.3 is 5.97 Å². The lowest BCUT2D eigenvalue weighted by atomic mass is 9.84. The van der Waals surface area contributed by atoms with Gasteiger partial charge < -0.3 is 10.2 Å². The van der Waals surface area contributed by atoms with E-state index < -0.39 is 25.9 Å². The van der Waals surface area contributed by atoms with Gasteiger partial charge in [0.2, 0.25) is 0 Å². The maximum Gasteiger partial charge on any atom is 0.337 e. The van der Waals surface area contributed by atoms with Crippen LogP contribution in [0.2, 0.25) is 0 Å². The van der Waals surface area contributed by atoms with E-state index in [1.165, 1.54) is 11.8 Å². The van der Waals surface area contributed by atoms with Crippen molar-refractivity contribution in [3.8, 4) is 0 Å². The van der Waals surface area contributed by atoms with E-state index in [1.807, 2.05) is 36.4 Å². The van der Waals surface area contributed by atoms with Crippen LogP contribution in [0.5, 0.6) is 0 Å². The van der Waals surface area contributed by atoms with Crippen molar-refractivity contribution in [2.45, 2.75) is 16.4 Å². The zero-order valence-corrected chi connectivity index (χ0v) is 14.0. The van der Waals surface area contributed by atoms with Crippen molar-refractivity contribution in [2.24, 2.45) is 0 Å². The molecule has 0 saturated carbocycles. The van der Waals surface area contributed by atoms with Gasteiger partial charge in [-0.1, -0.05) is 48.5 Å². The number of aliphatic carboxylic acids is 1. The molecule has 0 saturated heterocycles. The molecular weight excluding hydrogens is 331 g/mol. The molecule has 0 aromatic heterocycles. The predicted molar refractivity (Wildman–Crippen MR) is 91.4 cm³/mol. The molecule has 120 valence electrons. The zero-order chi connectivity index (χ0) is 16.7. The van der Waals surface area contributed by atoms with Gasteiger partial charge in [0.15, 0.2) is 14.1 Å². The molecule has 2 aromatic carbocycles. The van der Waals surface area contributed by atoms with Gasteiger partial charge in [0.05, 0.1) is 6.16 Å². The van der Waals surface area contributed by atoms with Crippen LogP contribution < -0.4 is 0 Å². The molecule has 0 aliphatic rings. The van der Waals surface area contributed by atoms with Crippen LogP contribution in [0, 0.1) is 0 Å². The number of thioether (sulfide) groups is 1. The van der Waals surface area contributed by atoms with Crippen LogP contribution in [0.15, 0.2) is 65.6 Å². The van der Waals surface area contributed by atoms with E-state index in [0.29, 0.717) is 11.3 Å². The summed E-state index contributed by atoms with van der Waals surface area (Å²) in [5.41, 5.74) is -1.36. The second-order valence-corrected chi connectivity index (χ2v) is 6.77. The van der Waals surface area contributed by atoms with E-state index in [0.717, 1.165) is 4.90 Å². The third kappa shape index (κ3) is 4.41. The Kier molecular flexibility index (Phi) is 6.34. The van der Waals surface area contributed by atoms with Crippen molar-refractivity contribution < 1.29 is 19.6 Å². The Morgan fingerprint density at radius 2 is 1.65 bits per heavy atom. The van der Waals surface area contributed by atoms with Crippen LogP contribution in [-0.2, 0) is 9.36 Å². The third-order valence-corrected chi connectivity index (χ3v) is 5.33. The maximum atomic E-state index is 11.6. The summed E-state index contributed by atoms with van der Waals surface area (Å²) in [6, 6.07) is 18.6. The smallest absolute Gasteiger partial charge is 0.337 e. The summed E-state index contributed by atoms with van der Waals surface area (Å²) >= 11 is 1.47. The van der Waals surface area contributed by atoms with Crippen molar-refractivity contribution in [1.82, 2.24) is 0 Å². The normalized spacial score (nSPS) is 15.0. The van der Waals surface area contributed by atoms with Gasteiger partial charge in [0.1, 0.15) is 0 Å². The molecule has 2 unspecified atom stereocenters. The van der Waals surface area contributed by atoms with Gasteiger partial charge in [-0.25, -0.2) is 4.79 Å². The third-order valence-electron chi connectivity index (χ3n) is 3.61. The lowest BCUT2D eigenvalue weighted by molar-refractivity contribution is -0.157. The molecule has 0 aliphatic heterocycles. The van der Waals surface area contributed by atoms with Crippen LogP contribution in [0.4, 0.5) is 0 Å². The predicted octanol–water partition coefficient (Wildman–Crippen LogP) is 3.67. The van der Waals surface area contributed by atoms with E-state index in [9.17, 15) is 19.6 Å². The summed E-state index contributed by atoms with van der Waals surface area (Å²) in [5.74, 6) is -1.66. The SMILES string of the molecule is O=PCC(O)(C(=O)O)C(CSc1ccccc1)c1ccccc1. The van der Waals surface area contributed by atoms with E-state index in [-0.39, 0.29) is 6.16 Å². The molecule has 6 heteroatoms. The van der Waals surface area contributed by atoms with Crippen molar-refractivity contribution >= 4 is 26.2 Å². The van der Waals surface area contributed by atoms with Crippen molar-refractivity contribution in [3.63, 3.8) is 0 Å². The van der Waals surface area contributed by atoms with Gasteiger partial charge in [-0.05, 0) is 17.7 Å². The highest BCUT2D eigenvalue weighted by molar-refractivity contribution is 7.99. The number of hydrogen-bond donors (Lipinski definition) is 2. The highest BCUT2D eigenvalue weighted by atomic mass is 32.2. The van der Waals surface area contributed by atoms with E-state index in [2.05, 4.69) is 0 Å². The molecule has 0 aliphatic carbocycles. The van der Waals surface area contributed by atoms with Crippen LogP contribution >= 0.6 is 20.2 Å². The van der Waals surface area contributed by atoms with E-state index in [4.69, 9.17) is 0 Å². The summed E-state index contributed by atoms with van der Waals surface area (Å²) in [5, 5.41) is 20.1. The maximum absolute atomic E-state index is 11.6. The number of aliphatic hydroxyl groups is 1. The number of carbonyl (C=O) groups is 1. The number of rotatable bonds is 8. The molecule has 2 aromatic rings. The Bertz CT molecular complexity index is 650. The minimum absolute atomic E-state index is 0.350. The first-order chi connectivity index (χ1) is 11.1. The number of carboxylic acids is 1. The molecule has 2 N–H and O–H groups in total. The number of benzene rings is 2. The molecule has 0 bridgehead atoms. The van der Waals surface area contributed by atoms with Crippen LogP contribution in [0.3, 0.4) is 0 Å². The van der Waals surface area contributed by atoms with E-state index >= 15 is 0 Å². The highest BCUT2D eigenvalue weighted by Crippen LogP contribution is 2.36. The zero-order valence-electron chi connectivity index (χ0n) is 12.3. The van der Waals surface area contributed by atoms with Crippen molar-refractivity contribution in [1.29, 1.82) is 0 Å². The molecule has 2 atom stereocenters. The lowest BCUT2D eigenvalue weighted by Gasteiger charge is -2.31. The lowest BCUT2D eigenvalue weighted by Crippen LogP contribution is -2.47. The molecule has 2 rings (SSSR count). The monoisotopic (exact) mass is 348 g/mol. The number of hydrogen-bond acceptors (Lipinski definition) is 4. The Labute approximate surface area is 140 Å². The summed E-state index contributed by atoms with van der Waals surface area (Å²) < 4.78 is 11.0. The van der Waals surface area contributed by atoms with Crippen molar-refractivity contribution in [3.05, 3.63) is 66.2 Å². The summed E-state index contributed by atoms with van der Waals surface area (Å²) in [4.78, 5) is 12.6.